The third-order valence-electron chi connectivity index (χ3n) is 2.95. The first-order chi connectivity index (χ1) is 9.56. The number of nitrogens with one attached hydrogen (secondary N) is 1. The van der Waals surface area contributed by atoms with E-state index in [4.69, 9.17) is 0 Å². The van der Waals surface area contributed by atoms with Crippen LogP contribution < -0.4 is 5.32 Å². The fourth-order valence-corrected chi connectivity index (χ4v) is 2.71. The molecule has 0 fully saturated rings. The van der Waals surface area contributed by atoms with Gasteiger partial charge in [0.1, 0.15) is 5.01 Å². The summed E-state index contributed by atoms with van der Waals surface area (Å²) in [5.74, 6) is -0.179. The first kappa shape index (κ1) is 14.7. The topological polar surface area (TPSA) is 62.2 Å². The number of aliphatic hydroxyl groups excluding tert-OH is 1. The predicted molar refractivity (Wildman–Crippen MR) is 79.4 cm³/mol. The van der Waals surface area contributed by atoms with Crippen LogP contribution in [0.15, 0.2) is 35.7 Å². The van der Waals surface area contributed by atoms with Gasteiger partial charge in [-0.2, -0.15) is 0 Å². The number of thiazole rings is 1. The zero-order chi connectivity index (χ0) is 14.5. The van der Waals surface area contributed by atoms with Crippen molar-refractivity contribution >= 4 is 17.2 Å². The summed E-state index contributed by atoms with van der Waals surface area (Å²) in [6.45, 7) is 3.82. The van der Waals surface area contributed by atoms with E-state index in [9.17, 15) is 9.90 Å². The van der Waals surface area contributed by atoms with E-state index in [1.807, 2.05) is 49.6 Å². The number of carbonyl (C=O) groups excluding carboxylic acids is 1. The molecule has 1 heterocycles. The molecule has 0 radical (unpaired) electrons. The molecule has 1 aromatic carbocycles. The van der Waals surface area contributed by atoms with E-state index in [0.29, 0.717) is 0 Å². The molecule has 0 aliphatic heterocycles. The molecule has 0 saturated carbocycles. The van der Waals surface area contributed by atoms with Gasteiger partial charge in [0.2, 0.25) is 5.91 Å². The second kappa shape index (κ2) is 6.63. The van der Waals surface area contributed by atoms with Crippen LogP contribution >= 0.6 is 11.3 Å². The number of hydrogen-bond acceptors (Lipinski definition) is 4. The Morgan fingerprint density at radius 1 is 1.40 bits per heavy atom. The van der Waals surface area contributed by atoms with Gasteiger partial charge in [0.25, 0.3) is 0 Å². The Balaban J connectivity index is 1.89. The van der Waals surface area contributed by atoms with Gasteiger partial charge in [0.05, 0.1) is 18.6 Å². The van der Waals surface area contributed by atoms with Crippen molar-refractivity contribution in [3.63, 3.8) is 0 Å². The van der Waals surface area contributed by atoms with Gasteiger partial charge in [0, 0.05) is 11.1 Å². The quantitative estimate of drug-likeness (QED) is 0.890. The molecule has 0 saturated heterocycles. The summed E-state index contributed by atoms with van der Waals surface area (Å²) in [4.78, 5) is 16.3. The Bertz CT molecular complexity index is 568. The lowest BCUT2D eigenvalue weighted by molar-refractivity contribution is -0.123. The first-order valence-electron chi connectivity index (χ1n) is 6.50. The van der Waals surface area contributed by atoms with Crippen molar-refractivity contribution < 1.29 is 9.90 Å². The van der Waals surface area contributed by atoms with E-state index >= 15 is 0 Å². The molecule has 2 rings (SSSR count). The molecule has 0 aliphatic carbocycles. The smallest absolute Gasteiger partial charge is 0.223 e. The fourth-order valence-electron chi connectivity index (χ4n) is 1.90. The molecule has 2 aromatic rings. The highest BCUT2D eigenvalue weighted by molar-refractivity contribution is 7.09. The molecule has 0 bridgehead atoms. The number of rotatable bonds is 5. The van der Waals surface area contributed by atoms with Crippen molar-refractivity contribution in [1.82, 2.24) is 10.3 Å². The van der Waals surface area contributed by atoms with Crippen molar-refractivity contribution in [2.24, 2.45) is 0 Å². The Labute approximate surface area is 122 Å². The number of benzene rings is 1. The highest BCUT2D eigenvalue weighted by atomic mass is 32.1. The zero-order valence-corrected chi connectivity index (χ0v) is 12.4. The van der Waals surface area contributed by atoms with Gasteiger partial charge in [-0.3, -0.25) is 4.79 Å². The monoisotopic (exact) mass is 290 g/mol. The average Bonchev–Trinajstić information content (AvgIpc) is 2.86. The minimum atomic E-state index is -0.776. The standard InChI is InChI=1S/C15H18N2O2S/c1-10-9-20-15(16-10)11(2)17-14(19)8-13(18)12-6-4-3-5-7-12/h3-7,9,11,13,18H,8H2,1-2H3,(H,17,19). The number of amides is 1. The average molecular weight is 290 g/mol. The highest BCUT2D eigenvalue weighted by Crippen LogP contribution is 2.19. The van der Waals surface area contributed by atoms with Gasteiger partial charge in [-0.15, -0.1) is 11.3 Å². The van der Waals surface area contributed by atoms with E-state index in [-0.39, 0.29) is 18.4 Å². The van der Waals surface area contributed by atoms with Crippen molar-refractivity contribution in [1.29, 1.82) is 0 Å². The highest BCUT2D eigenvalue weighted by Gasteiger charge is 2.16. The Morgan fingerprint density at radius 2 is 2.10 bits per heavy atom. The lowest BCUT2D eigenvalue weighted by Crippen LogP contribution is -2.27. The molecule has 1 amide bonds. The normalized spacial score (nSPS) is 13.8. The number of aryl methyl sites for hydroxylation is 1. The van der Waals surface area contributed by atoms with E-state index < -0.39 is 6.10 Å². The van der Waals surface area contributed by atoms with Crippen LogP contribution in [0, 0.1) is 6.92 Å². The Morgan fingerprint density at radius 3 is 2.70 bits per heavy atom. The van der Waals surface area contributed by atoms with E-state index in [1.165, 1.54) is 11.3 Å². The molecule has 2 atom stereocenters. The minimum Gasteiger partial charge on any atom is -0.388 e. The van der Waals surface area contributed by atoms with Gasteiger partial charge in [-0.05, 0) is 19.4 Å². The first-order valence-corrected chi connectivity index (χ1v) is 7.38. The van der Waals surface area contributed by atoms with Gasteiger partial charge >= 0.3 is 0 Å². The number of carbonyl (C=O) groups is 1. The van der Waals surface area contributed by atoms with E-state index in [1.54, 1.807) is 0 Å². The minimum absolute atomic E-state index is 0.0543. The molecule has 2 N–H and O–H groups in total. The fraction of sp³-hybridized carbons (Fsp3) is 0.333. The predicted octanol–water partition coefficient (Wildman–Crippen LogP) is 2.75. The van der Waals surface area contributed by atoms with Gasteiger partial charge < -0.3 is 10.4 Å². The van der Waals surface area contributed by atoms with Crippen LogP contribution in [-0.2, 0) is 4.79 Å². The lowest BCUT2D eigenvalue weighted by Gasteiger charge is -2.14. The van der Waals surface area contributed by atoms with Crippen molar-refractivity contribution in [3.8, 4) is 0 Å². The lowest BCUT2D eigenvalue weighted by atomic mass is 10.1. The molecule has 5 heteroatoms. The SMILES string of the molecule is Cc1csc(C(C)NC(=O)CC(O)c2ccccc2)n1. The third-order valence-corrected chi connectivity index (χ3v) is 4.09. The number of nitrogens with zero attached hydrogens (tertiary/aromatic N) is 1. The van der Waals surface area contributed by atoms with Crippen LogP contribution in [0.25, 0.3) is 0 Å². The van der Waals surface area contributed by atoms with Crippen LogP contribution in [0.4, 0.5) is 0 Å². The molecule has 1 aromatic heterocycles. The van der Waals surface area contributed by atoms with E-state index in [2.05, 4.69) is 10.3 Å². The van der Waals surface area contributed by atoms with Crippen LogP contribution in [0.5, 0.6) is 0 Å². The maximum Gasteiger partial charge on any atom is 0.223 e. The maximum atomic E-state index is 11.9. The zero-order valence-electron chi connectivity index (χ0n) is 11.5. The second-order valence-corrected chi connectivity index (χ2v) is 5.64. The molecule has 20 heavy (non-hydrogen) atoms. The second-order valence-electron chi connectivity index (χ2n) is 4.75. The summed E-state index contributed by atoms with van der Waals surface area (Å²) in [5, 5.41) is 15.7. The molecular formula is C15H18N2O2S. The molecule has 0 aliphatic rings. The van der Waals surface area contributed by atoms with E-state index in [0.717, 1.165) is 16.3 Å². The maximum absolute atomic E-state index is 11.9. The van der Waals surface area contributed by atoms with Gasteiger partial charge in [-0.1, -0.05) is 30.3 Å². The number of aromatic nitrogens is 1. The Kier molecular flexibility index (Phi) is 4.87. The summed E-state index contributed by atoms with van der Waals surface area (Å²) in [6, 6.07) is 9.05. The van der Waals surface area contributed by atoms with Crippen LogP contribution in [0.3, 0.4) is 0 Å². The van der Waals surface area contributed by atoms with Gasteiger partial charge in [0.15, 0.2) is 0 Å². The molecular weight excluding hydrogens is 272 g/mol. The van der Waals surface area contributed by atoms with Crippen molar-refractivity contribution in [3.05, 3.63) is 52.0 Å². The Hall–Kier alpha value is -1.72. The molecule has 106 valence electrons. The summed E-state index contributed by atoms with van der Waals surface area (Å²) >= 11 is 1.53. The van der Waals surface area contributed by atoms with Gasteiger partial charge in [-0.25, -0.2) is 4.98 Å². The van der Waals surface area contributed by atoms with Crippen molar-refractivity contribution in [2.45, 2.75) is 32.4 Å². The molecule has 2 unspecified atom stereocenters. The number of aliphatic hydroxyl groups is 1. The molecule has 0 spiro atoms. The van der Waals surface area contributed by atoms with Crippen LogP contribution in [0.2, 0.25) is 0 Å². The van der Waals surface area contributed by atoms with Crippen molar-refractivity contribution in [2.75, 3.05) is 0 Å². The van der Waals surface area contributed by atoms with Crippen LogP contribution in [0.1, 0.15) is 41.8 Å². The summed E-state index contributed by atoms with van der Waals surface area (Å²) in [5.41, 5.74) is 1.70. The number of hydrogen-bond donors (Lipinski definition) is 2. The van der Waals surface area contributed by atoms with Crippen LogP contribution in [-0.4, -0.2) is 16.0 Å². The summed E-state index contributed by atoms with van der Waals surface area (Å²) in [6.07, 6.45) is -0.722. The molecule has 4 nitrogen and oxygen atoms in total. The third kappa shape index (κ3) is 3.88. The summed E-state index contributed by atoms with van der Waals surface area (Å²) < 4.78 is 0. The summed E-state index contributed by atoms with van der Waals surface area (Å²) in [7, 11) is 0. The largest absolute Gasteiger partial charge is 0.388 e.